The minimum absolute atomic E-state index is 0.253. The molecule has 0 unspecified atom stereocenters. The maximum Gasteiger partial charge on any atom is 0.419 e. The van der Waals surface area contributed by atoms with E-state index in [0.717, 1.165) is 6.07 Å². The van der Waals surface area contributed by atoms with Gasteiger partial charge in [0.2, 0.25) is 0 Å². The summed E-state index contributed by atoms with van der Waals surface area (Å²) in [6, 6.07) is 9.65. The van der Waals surface area contributed by atoms with Crippen molar-refractivity contribution in [2.75, 3.05) is 0 Å². The molecule has 0 saturated carbocycles. The molecule has 0 aliphatic heterocycles. The van der Waals surface area contributed by atoms with Crippen LogP contribution in [0.15, 0.2) is 46.9 Å². The number of hydrogen-bond donors (Lipinski definition) is 1. The van der Waals surface area contributed by atoms with Gasteiger partial charge in [-0.1, -0.05) is 34.1 Å². The predicted molar refractivity (Wildman–Crippen MR) is 76.3 cm³/mol. The first-order valence-corrected chi connectivity index (χ1v) is 6.90. The van der Waals surface area contributed by atoms with Crippen molar-refractivity contribution in [1.82, 2.24) is 0 Å². The highest BCUT2D eigenvalue weighted by Gasteiger charge is 2.34. The molecule has 2 rings (SSSR count). The molecule has 0 aliphatic carbocycles. The smallest absolute Gasteiger partial charge is 0.419 e. The molecule has 6 heteroatoms. The standard InChI is InChI=1S/C15H12BrF3O2/c1-9(20)11-7-6-10(8-13(11)16)21-14-5-3-2-4-12(14)15(17,18)19/h2-9,20H,1H3/t9-/m1/s1. The Labute approximate surface area is 128 Å². The fourth-order valence-corrected chi connectivity index (χ4v) is 2.52. The van der Waals surface area contributed by atoms with Gasteiger partial charge in [-0.15, -0.1) is 0 Å². The van der Waals surface area contributed by atoms with Crippen LogP contribution in [-0.2, 0) is 6.18 Å². The molecule has 1 atom stereocenters. The highest BCUT2D eigenvalue weighted by molar-refractivity contribution is 9.10. The summed E-state index contributed by atoms with van der Waals surface area (Å²) >= 11 is 3.26. The van der Waals surface area contributed by atoms with E-state index in [4.69, 9.17) is 4.74 Å². The molecule has 0 heterocycles. The van der Waals surface area contributed by atoms with E-state index in [9.17, 15) is 18.3 Å². The zero-order chi connectivity index (χ0) is 15.6. The van der Waals surface area contributed by atoms with E-state index in [-0.39, 0.29) is 11.5 Å². The van der Waals surface area contributed by atoms with Crippen LogP contribution in [-0.4, -0.2) is 5.11 Å². The molecule has 0 fully saturated rings. The summed E-state index contributed by atoms with van der Waals surface area (Å²) in [5.74, 6) is -0.00956. The molecule has 0 amide bonds. The number of halogens is 4. The first-order valence-electron chi connectivity index (χ1n) is 6.10. The van der Waals surface area contributed by atoms with Crippen molar-refractivity contribution in [2.45, 2.75) is 19.2 Å². The molecular formula is C15H12BrF3O2. The van der Waals surface area contributed by atoms with Crippen molar-refractivity contribution in [2.24, 2.45) is 0 Å². The van der Waals surface area contributed by atoms with Gasteiger partial charge >= 0.3 is 6.18 Å². The second-order valence-electron chi connectivity index (χ2n) is 4.46. The Bertz CT molecular complexity index is 639. The van der Waals surface area contributed by atoms with Crippen LogP contribution in [0.2, 0.25) is 0 Å². The Balaban J connectivity index is 2.33. The number of para-hydroxylation sites is 1. The number of ether oxygens (including phenoxy) is 1. The SMILES string of the molecule is C[C@@H](O)c1ccc(Oc2ccccc2C(F)(F)F)cc1Br. The second-order valence-corrected chi connectivity index (χ2v) is 5.31. The largest absolute Gasteiger partial charge is 0.457 e. The summed E-state index contributed by atoms with van der Waals surface area (Å²) in [5.41, 5.74) is -0.202. The van der Waals surface area contributed by atoms with E-state index in [2.05, 4.69) is 15.9 Å². The molecular weight excluding hydrogens is 349 g/mol. The molecule has 2 aromatic rings. The van der Waals surface area contributed by atoms with E-state index in [1.807, 2.05) is 0 Å². The van der Waals surface area contributed by atoms with E-state index >= 15 is 0 Å². The zero-order valence-corrected chi connectivity index (χ0v) is 12.6. The van der Waals surface area contributed by atoms with E-state index in [1.165, 1.54) is 30.3 Å². The van der Waals surface area contributed by atoms with Gasteiger partial charge in [-0.3, -0.25) is 0 Å². The number of aliphatic hydroxyl groups excluding tert-OH is 1. The summed E-state index contributed by atoms with van der Waals surface area (Å²) < 4.78 is 44.5. The molecule has 1 N–H and O–H groups in total. The fourth-order valence-electron chi connectivity index (χ4n) is 1.83. The molecule has 0 bridgehead atoms. The quantitative estimate of drug-likeness (QED) is 0.803. The fraction of sp³-hybridized carbons (Fsp3) is 0.200. The number of benzene rings is 2. The molecule has 0 radical (unpaired) electrons. The summed E-state index contributed by atoms with van der Waals surface area (Å²) in [4.78, 5) is 0. The lowest BCUT2D eigenvalue weighted by Gasteiger charge is -2.14. The highest BCUT2D eigenvalue weighted by Crippen LogP contribution is 2.38. The minimum atomic E-state index is -4.48. The van der Waals surface area contributed by atoms with Crippen LogP contribution in [0.3, 0.4) is 0 Å². The topological polar surface area (TPSA) is 29.5 Å². The molecule has 0 saturated heterocycles. The predicted octanol–water partition coefficient (Wildman–Crippen LogP) is 5.31. The lowest BCUT2D eigenvalue weighted by atomic mass is 10.1. The lowest BCUT2D eigenvalue weighted by Crippen LogP contribution is -2.06. The maximum absolute atomic E-state index is 12.9. The van der Waals surface area contributed by atoms with Crippen LogP contribution >= 0.6 is 15.9 Å². The van der Waals surface area contributed by atoms with Gasteiger partial charge in [0.1, 0.15) is 11.5 Å². The Morgan fingerprint density at radius 3 is 2.38 bits per heavy atom. The Kier molecular flexibility index (Phi) is 4.58. The van der Waals surface area contributed by atoms with E-state index < -0.39 is 17.8 Å². The van der Waals surface area contributed by atoms with Gasteiger partial charge in [0.15, 0.2) is 0 Å². The average molecular weight is 361 g/mol. The van der Waals surface area contributed by atoms with Crippen LogP contribution < -0.4 is 4.74 Å². The molecule has 21 heavy (non-hydrogen) atoms. The monoisotopic (exact) mass is 360 g/mol. The minimum Gasteiger partial charge on any atom is -0.457 e. The molecule has 0 aliphatic rings. The number of rotatable bonds is 3. The Morgan fingerprint density at radius 1 is 1.14 bits per heavy atom. The number of alkyl halides is 3. The third kappa shape index (κ3) is 3.77. The van der Waals surface area contributed by atoms with Gasteiger partial charge in [0.05, 0.1) is 11.7 Å². The third-order valence-corrected chi connectivity index (χ3v) is 3.53. The normalized spacial score (nSPS) is 13.0. The van der Waals surface area contributed by atoms with Crippen LogP contribution in [0, 0.1) is 0 Å². The van der Waals surface area contributed by atoms with Crippen molar-refractivity contribution < 1.29 is 23.0 Å². The number of hydrogen-bond acceptors (Lipinski definition) is 2. The summed E-state index contributed by atoms with van der Waals surface area (Å²) in [6.45, 7) is 1.60. The van der Waals surface area contributed by atoms with Crippen LogP contribution in [0.25, 0.3) is 0 Å². The molecule has 0 spiro atoms. The first kappa shape index (κ1) is 15.9. The average Bonchev–Trinajstić information content (AvgIpc) is 2.37. The van der Waals surface area contributed by atoms with Gasteiger partial charge in [0.25, 0.3) is 0 Å². The third-order valence-electron chi connectivity index (χ3n) is 2.84. The maximum atomic E-state index is 12.9. The van der Waals surface area contributed by atoms with Gasteiger partial charge in [0, 0.05) is 4.47 Å². The van der Waals surface area contributed by atoms with Crippen molar-refractivity contribution in [3.63, 3.8) is 0 Å². The van der Waals surface area contributed by atoms with E-state index in [0.29, 0.717) is 10.0 Å². The van der Waals surface area contributed by atoms with Gasteiger partial charge in [-0.2, -0.15) is 13.2 Å². The Morgan fingerprint density at radius 2 is 1.81 bits per heavy atom. The summed E-state index contributed by atoms with van der Waals surface area (Å²) in [6.07, 6.45) is -5.16. The van der Waals surface area contributed by atoms with E-state index in [1.54, 1.807) is 13.0 Å². The van der Waals surface area contributed by atoms with Crippen molar-refractivity contribution in [3.05, 3.63) is 58.1 Å². The molecule has 0 aromatic heterocycles. The number of aliphatic hydroxyl groups is 1. The first-order chi connectivity index (χ1) is 9.79. The van der Waals surface area contributed by atoms with Gasteiger partial charge in [-0.05, 0) is 36.8 Å². The molecule has 2 nitrogen and oxygen atoms in total. The van der Waals surface area contributed by atoms with Gasteiger partial charge in [-0.25, -0.2) is 0 Å². The molecule has 112 valence electrons. The van der Waals surface area contributed by atoms with Crippen molar-refractivity contribution in [1.29, 1.82) is 0 Å². The summed E-state index contributed by atoms with van der Waals surface area (Å²) in [5, 5.41) is 9.52. The highest BCUT2D eigenvalue weighted by atomic mass is 79.9. The molecule has 2 aromatic carbocycles. The van der Waals surface area contributed by atoms with Crippen LogP contribution in [0.4, 0.5) is 13.2 Å². The zero-order valence-electron chi connectivity index (χ0n) is 11.0. The second kappa shape index (κ2) is 6.07. The van der Waals surface area contributed by atoms with Gasteiger partial charge < -0.3 is 9.84 Å². The van der Waals surface area contributed by atoms with Crippen molar-refractivity contribution >= 4 is 15.9 Å². The van der Waals surface area contributed by atoms with Crippen LogP contribution in [0.5, 0.6) is 11.5 Å². The van der Waals surface area contributed by atoms with Crippen LogP contribution in [0.1, 0.15) is 24.2 Å². The lowest BCUT2D eigenvalue weighted by molar-refractivity contribution is -0.138. The van der Waals surface area contributed by atoms with Crippen molar-refractivity contribution in [3.8, 4) is 11.5 Å². The summed E-state index contributed by atoms with van der Waals surface area (Å²) in [7, 11) is 0. The Hall–Kier alpha value is -1.53.